The van der Waals surface area contributed by atoms with Gasteiger partial charge < -0.3 is 20.4 Å². The van der Waals surface area contributed by atoms with Crippen LogP contribution in [0.4, 0.5) is 4.79 Å². The monoisotopic (exact) mass is 239 g/mol. The third kappa shape index (κ3) is 3.78. The second-order valence-electron chi connectivity index (χ2n) is 4.97. The summed E-state index contributed by atoms with van der Waals surface area (Å²) in [5.74, 6) is 0. The van der Waals surface area contributed by atoms with E-state index in [0.717, 1.165) is 5.69 Å². The van der Waals surface area contributed by atoms with Gasteiger partial charge in [0.1, 0.15) is 5.60 Å². The molecule has 1 rings (SSSR count). The highest BCUT2D eigenvalue weighted by Gasteiger charge is 2.25. The molecule has 0 aliphatic rings. The molecular formula is C12H21N3O2. The molecule has 1 amide bonds. The zero-order chi connectivity index (χ0) is 13.1. The molecule has 96 valence electrons. The number of aromatic nitrogens is 1. The van der Waals surface area contributed by atoms with Crippen LogP contribution < -0.4 is 5.73 Å². The van der Waals surface area contributed by atoms with E-state index in [9.17, 15) is 4.79 Å². The third-order valence-electron chi connectivity index (χ3n) is 2.35. The van der Waals surface area contributed by atoms with Gasteiger partial charge in [-0.1, -0.05) is 0 Å². The highest BCUT2D eigenvalue weighted by Crippen LogP contribution is 2.19. The standard InChI is InChI=1S/C12H21N3O2/c1-12(2,3)17-11(16)15(4)10(8-13)9-6-5-7-14-9/h5-7,10,14H,8,13H2,1-4H3. The fourth-order valence-electron chi connectivity index (χ4n) is 1.51. The summed E-state index contributed by atoms with van der Waals surface area (Å²) in [6, 6.07) is 3.58. The maximum absolute atomic E-state index is 11.9. The van der Waals surface area contributed by atoms with E-state index >= 15 is 0 Å². The maximum atomic E-state index is 11.9. The summed E-state index contributed by atoms with van der Waals surface area (Å²) in [5.41, 5.74) is 6.10. The van der Waals surface area contributed by atoms with Crippen LogP contribution in [0.2, 0.25) is 0 Å². The van der Waals surface area contributed by atoms with Gasteiger partial charge in [0.2, 0.25) is 0 Å². The molecule has 1 aromatic heterocycles. The van der Waals surface area contributed by atoms with Crippen molar-refractivity contribution in [3.63, 3.8) is 0 Å². The van der Waals surface area contributed by atoms with Crippen molar-refractivity contribution in [1.82, 2.24) is 9.88 Å². The Balaban J connectivity index is 2.73. The number of ether oxygens (including phenoxy) is 1. The number of nitrogens with one attached hydrogen (secondary N) is 1. The molecule has 1 atom stereocenters. The first-order valence-corrected chi connectivity index (χ1v) is 5.64. The molecular weight excluding hydrogens is 218 g/mol. The van der Waals surface area contributed by atoms with E-state index in [0.29, 0.717) is 6.54 Å². The molecule has 1 aromatic rings. The lowest BCUT2D eigenvalue weighted by atomic mass is 10.2. The number of hydrogen-bond acceptors (Lipinski definition) is 3. The van der Waals surface area contributed by atoms with Crippen LogP contribution >= 0.6 is 0 Å². The SMILES string of the molecule is CN(C(=O)OC(C)(C)C)C(CN)c1ccc[nH]1. The average Bonchev–Trinajstić information content (AvgIpc) is 2.69. The smallest absolute Gasteiger partial charge is 0.410 e. The fraction of sp³-hybridized carbons (Fsp3) is 0.583. The maximum Gasteiger partial charge on any atom is 0.410 e. The minimum atomic E-state index is -0.500. The number of nitrogens with two attached hydrogens (primary N) is 1. The second-order valence-corrected chi connectivity index (χ2v) is 4.97. The van der Waals surface area contributed by atoms with Crippen LogP contribution in [0.3, 0.4) is 0 Å². The molecule has 17 heavy (non-hydrogen) atoms. The number of nitrogens with zero attached hydrogens (tertiary/aromatic N) is 1. The highest BCUT2D eigenvalue weighted by atomic mass is 16.6. The second kappa shape index (κ2) is 5.23. The molecule has 0 fully saturated rings. The Bertz CT molecular complexity index is 354. The number of carbonyl (C=O) groups is 1. The topological polar surface area (TPSA) is 71.3 Å². The largest absolute Gasteiger partial charge is 0.444 e. The van der Waals surface area contributed by atoms with Crippen LogP contribution in [0.15, 0.2) is 18.3 Å². The van der Waals surface area contributed by atoms with Crippen LogP contribution in [0.25, 0.3) is 0 Å². The number of likely N-dealkylation sites (N-methyl/N-ethyl adjacent to an activating group) is 1. The van der Waals surface area contributed by atoms with Crippen LogP contribution in [-0.4, -0.2) is 35.2 Å². The first-order valence-electron chi connectivity index (χ1n) is 5.64. The van der Waals surface area contributed by atoms with Gasteiger partial charge >= 0.3 is 6.09 Å². The normalized spacial score (nSPS) is 13.2. The highest BCUT2D eigenvalue weighted by molar-refractivity contribution is 5.68. The van der Waals surface area contributed by atoms with Crippen molar-refractivity contribution in [3.05, 3.63) is 24.0 Å². The zero-order valence-electron chi connectivity index (χ0n) is 10.9. The number of hydrogen-bond donors (Lipinski definition) is 2. The molecule has 0 spiro atoms. The van der Waals surface area contributed by atoms with Crippen molar-refractivity contribution >= 4 is 6.09 Å². The Labute approximate surface area is 102 Å². The average molecular weight is 239 g/mol. The van der Waals surface area contributed by atoms with Gasteiger partial charge in [-0.2, -0.15) is 0 Å². The van der Waals surface area contributed by atoms with Crippen molar-refractivity contribution < 1.29 is 9.53 Å². The molecule has 0 saturated carbocycles. The van der Waals surface area contributed by atoms with Crippen LogP contribution in [0.1, 0.15) is 32.5 Å². The number of rotatable bonds is 3. The van der Waals surface area contributed by atoms with Crippen molar-refractivity contribution in [2.75, 3.05) is 13.6 Å². The van der Waals surface area contributed by atoms with Gasteiger partial charge in [0, 0.05) is 25.5 Å². The van der Waals surface area contributed by atoms with E-state index in [4.69, 9.17) is 10.5 Å². The first-order chi connectivity index (χ1) is 7.85. The molecule has 1 unspecified atom stereocenters. The molecule has 0 radical (unpaired) electrons. The summed E-state index contributed by atoms with van der Waals surface area (Å²) < 4.78 is 5.30. The predicted molar refractivity (Wildman–Crippen MR) is 66.6 cm³/mol. The van der Waals surface area contributed by atoms with E-state index in [1.165, 1.54) is 4.90 Å². The Morgan fingerprint density at radius 2 is 2.24 bits per heavy atom. The van der Waals surface area contributed by atoms with Crippen LogP contribution in [0.5, 0.6) is 0 Å². The van der Waals surface area contributed by atoms with Crippen LogP contribution in [-0.2, 0) is 4.74 Å². The molecule has 5 heteroatoms. The summed E-state index contributed by atoms with van der Waals surface area (Å²) in [4.78, 5) is 16.5. The molecule has 0 saturated heterocycles. The van der Waals surface area contributed by atoms with Crippen molar-refractivity contribution in [1.29, 1.82) is 0 Å². The van der Waals surface area contributed by atoms with Crippen molar-refractivity contribution in [2.24, 2.45) is 5.73 Å². The van der Waals surface area contributed by atoms with Gasteiger partial charge in [-0.15, -0.1) is 0 Å². The van der Waals surface area contributed by atoms with Gasteiger partial charge in [-0.3, -0.25) is 0 Å². The summed E-state index contributed by atoms with van der Waals surface area (Å²) >= 11 is 0. The lowest BCUT2D eigenvalue weighted by molar-refractivity contribution is 0.0223. The molecule has 0 aliphatic carbocycles. The van der Waals surface area contributed by atoms with Crippen molar-refractivity contribution in [3.8, 4) is 0 Å². The van der Waals surface area contributed by atoms with Gasteiger partial charge in [-0.05, 0) is 32.9 Å². The minimum Gasteiger partial charge on any atom is -0.444 e. The molecule has 0 aromatic carbocycles. The van der Waals surface area contributed by atoms with Gasteiger partial charge in [-0.25, -0.2) is 4.79 Å². The third-order valence-corrected chi connectivity index (χ3v) is 2.35. The van der Waals surface area contributed by atoms with E-state index in [1.54, 1.807) is 13.2 Å². The minimum absolute atomic E-state index is 0.195. The molecule has 0 aliphatic heterocycles. The number of H-pyrrole nitrogens is 1. The van der Waals surface area contributed by atoms with E-state index in [1.807, 2.05) is 32.9 Å². The fourth-order valence-corrected chi connectivity index (χ4v) is 1.51. The molecule has 5 nitrogen and oxygen atoms in total. The molecule has 1 heterocycles. The summed E-state index contributed by atoms with van der Waals surface area (Å²) in [5, 5.41) is 0. The van der Waals surface area contributed by atoms with E-state index in [2.05, 4.69) is 4.98 Å². The summed E-state index contributed by atoms with van der Waals surface area (Å²) in [6.45, 7) is 5.86. The van der Waals surface area contributed by atoms with Gasteiger partial charge in [0.15, 0.2) is 0 Å². The Morgan fingerprint density at radius 3 is 2.65 bits per heavy atom. The zero-order valence-corrected chi connectivity index (χ0v) is 10.9. The van der Waals surface area contributed by atoms with E-state index < -0.39 is 5.60 Å². The molecule has 3 N–H and O–H groups in total. The summed E-state index contributed by atoms with van der Waals surface area (Å²) in [7, 11) is 1.69. The van der Waals surface area contributed by atoms with Crippen molar-refractivity contribution in [2.45, 2.75) is 32.4 Å². The number of aromatic amines is 1. The lowest BCUT2D eigenvalue weighted by Gasteiger charge is -2.29. The first kappa shape index (κ1) is 13.6. The Morgan fingerprint density at radius 1 is 1.59 bits per heavy atom. The Kier molecular flexibility index (Phi) is 4.17. The lowest BCUT2D eigenvalue weighted by Crippen LogP contribution is -2.39. The van der Waals surface area contributed by atoms with E-state index in [-0.39, 0.29) is 12.1 Å². The molecule has 0 bridgehead atoms. The number of carbonyl (C=O) groups excluding carboxylic acids is 1. The Hall–Kier alpha value is -1.49. The van der Waals surface area contributed by atoms with Gasteiger partial charge in [0.05, 0.1) is 6.04 Å². The van der Waals surface area contributed by atoms with Gasteiger partial charge in [0.25, 0.3) is 0 Å². The quantitative estimate of drug-likeness (QED) is 0.846. The van der Waals surface area contributed by atoms with Crippen LogP contribution in [0, 0.1) is 0 Å². The number of amides is 1. The predicted octanol–water partition coefficient (Wildman–Crippen LogP) is 1.88. The summed E-state index contributed by atoms with van der Waals surface area (Å²) in [6.07, 6.45) is 1.43.